The van der Waals surface area contributed by atoms with Crippen LogP contribution in [-0.2, 0) is 6.42 Å². The standard InChI is InChI=1S/C15H10F2O4/c16-7-1-3-11(17)9(5-7)8-2-4-12-13(14(8)18)10(6-21-12)15(19)20/h1,3,5-6,8H,2,4H2,(H,19,20)/t8-/m1/s1. The predicted octanol–water partition coefficient (Wildman–Crippen LogP) is 3.17. The third-order valence-corrected chi connectivity index (χ3v) is 3.65. The summed E-state index contributed by atoms with van der Waals surface area (Å²) in [6.07, 6.45) is 1.56. The minimum atomic E-state index is -1.28. The molecule has 6 heteroatoms. The SMILES string of the molecule is O=C(O)c1coc2c1C(=O)[C@@H](c1cc(F)ccc1F)CC2. The molecular weight excluding hydrogens is 282 g/mol. The van der Waals surface area contributed by atoms with Crippen molar-refractivity contribution in [1.29, 1.82) is 0 Å². The molecule has 0 radical (unpaired) electrons. The van der Waals surface area contributed by atoms with Gasteiger partial charge in [-0.1, -0.05) is 0 Å². The summed E-state index contributed by atoms with van der Waals surface area (Å²) in [7, 11) is 0. The number of hydrogen-bond acceptors (Lipinski definition) is 3. The molecule has 0 aliphatic heterocycles. The van der Waals surface area contributed by atoms with E-state index >= 15 is 0 Å². The normalized spacial score (nSPS) is 17.6. The highest BCUT2D eigenvalue weighted by atomic mass is 19.1. The lowest BCUT2D eigenvalue weighted by Crippen LogP contribution is -2.23. The van der Waals surface area contributed by atoms with E-state index in [4.69, 9.17) is 9.52 Å². The zero-order chi connectivity index (χ0) is 15.1. The van der Waals surface area contributed by atoms with Gasteiger partial charge in [-0.15, -0.1) is 0 Å². The van der Waals surface area contributed by atoms with E-state index < -0.39 is 29.3 Å². The summed E-state index contributed by atoms with van der Waals surface area (Å²) in [6.45, 7) is 0. The number of carboxylic acids is 1. The van der Waals surface area contributed by atoms with Crippen molar-refractivity contribution in [3.8, 4) is 0 Å². The molecule has 0 bridgehead atoms. The number of ketones is 1. The molecule has 0 saturated heterocycles. The van der Waals surface area contributed by atoms with Crippen molar-refractivity contribution >= 4 is 11.8 Å². The molecule has 1 heterocycles. The van der Waals surface area contributed by atoms with Crippen LogP contribution in [0.5, 0.6) is 0 Å². The molecule has 108 valence electrons. The van der Waals surface area contributed by atoms with Gasteiger partial charge in [-0.3, -0.25) is 4.79 Å². The largest absolute Gasteiger partial charge is 0.478 e. The molecule has 0 saturated carbocycles. The number of benzene rings is 1. The summed E-state index contributed by atoms with van der Waals surface area (Å²) in [4.78, 5) is 23.6. The summed E-state index contributed by atoms with van der Waals surface area (Å²) in [5.41, 5.74) is -0.331. The van der Waals surface area contributed by atoms with Crippen molar-refractivity contribution in [2.24, 2.45) is 0 Å². The number of aromatic carboxylic acids is 1. The molecule has 1 aliphatic rings. The molecule has 1 atom stereocenters. The quantitative estimate of drug-likeness (QED) is 0.923. The molecule has 1 aromatic heterocycles. The van der Waals surface area contributed by atoms with Crippen molar-refractivity contribution in [1.82, 2.24) is 0 Å². The second-order valence-corrected chi connectivity index (χ2v) is 4.87. The summed E-state index contributed by atoms with van der Waals surface area (Å²) < 4.78 is 32.2. The van der Waals surface area contributed by atoms with Crippen LogP contribution in [-0.4, -0.2) is 16.9 Å². The van der Waals surface area contributed by atoms with Crippen LogP contribution in [0.15, 0.2) is 28.9 Å². The summed E-state index contributed by atoms with van der Waals surface area (Å²) in [6, 6.07) is 2.91. The molecule has 21 heavy (non-hydrogen) atoms. The minimum Gasteiger partial charge on any atom is -0.478 e. The first-order chi connectivity index (χ1) is 9.99. The second kappa shape index (κ2) is 4.80. The Labute approximate surface area is 118 Å². The van der Waals surface area contributed by atoms with Crippen molar-refractivity contribution in [3.63, 3.8) is 0 Å². The van der Waals surface area contributed by atoms with E-state index in [1.54, 1.807) is 0 Å². The number of rotatable bonds is 2. The van der Waals surface area contributed by atoms with Gasteiger partial charge in [0.25, 0.3) is 0 Å². The van der Waals surface area contributed by atoms with Crippen LogP contribution < -0.4 is 0 Å². The van der Waals surface area contributed by atoms with Crippen LogP contribution in [0.1, 0.15) is 44.4 Å². The number of Topliss-reactive ketones (excluding diaryl/α,β-unsaturated/α-hetero) is 1. The van der Waals surface area contributed by atoms with Gasteiger partial charge in [-0.2, -0.15) is 0 Å². The summed E-state index contributed by atoms with van der Waals surface area (Å²) in [5.74, 6) is -3.77. The van der Waals surface area contributed by atoms with Gasteiger partial charge in [0.2, 0.25) is 0 Å². The van der Waals surface area contributed by atoms with Gasteiger partial charge in [0.15, 0.2) is 5.78 Å². The second-order valence-electron chi connectivity index (χ2n) is 4.87. The molecule has 0 unspecified atom stereocenters. The average molecular weight is 292 g/mol. The Morgan fingerprint density at radius 2 is 2.10 bits per heavy atom. The van der Waals surface area contributed by atoms with E-state index in [0.717, 1.165) is 24.5 Å². The van der Waals surface area contributed by atoms with Crippen molar-refractivity contribution in [2.75, 3.05) is 0 Å². The molecule has 0 spiro atoms. The van der Waals surface area contributed by atoms with E-state index in [9.17, 15) is 18.4 Å². The van der Waals surface area contributed by atoms with Crippen molar-refractivity contribution in [2.45, 2.75) is 18.8 Å². The number of hydrogen-bond donors (Lipinski definition) is 1. The van der Waals surface area contributed by atoms with Gasteiger partial charge in [-0.05, 0) is 24.6 Å². The number of carboxylic acid groups (broad SMARTS) is 1. The van der Waals surface area contributed by atoms with Crippen molar-refractivity contribution < 1.29 is 27.9 Å². The minimum absolute atomic E-state index is 0.0394. The predicted molar refractivity (Wildman–Crippen MR) is 67.4 cm³/mol. The van der Waals surface area contributed by atoms with Gasteiger partial charge in [0.05, 0.1) is 11.5 Å². The molecular formula is C15H10F2O4. The first-order valence-corrected chi connectivity index (χ1v) is 6.32. The molecule has 2 aromatic rings. The zero-order valence-corrected chi connectivity index (χ0v) is 10.7. The van der Waals surface area contributed by atoms with Crippen LogP contribution in [0.4, 0.5) is 8.78 Å². The molecule has 4 nitrogen and oxygen atoms in total. The number of aryl methyl sites for hydroxylation is 1. The third kappa shape index (κ3) is 2.12. The zero-order valence-electron chi connectivity index (χ0n) is 10.7. The first-order valence-electron chi connectivity index (χ1n) is 6.32. The van der Waals surface area contributed by atoms with E-state index in [-0.39, 0.29) is 28.9 Å². The maximum atomic E-state index is 13.8. The average Bonchev–Trinajstić information content (AvgIpc) is 2.87. The Morgan fingerprint density at radius 3 is 2.81 bits per heavy atom. The molecule has 0 fully saturated rings. The van der Waals surface area contributed by atoms with Gasteiger partial charge in [0.1, 0.15) is 29.2 Å². The molecule has 1 aliphatic carbocycles. The first kappa shape index (κ1) is 13.5. The summed E-state index contributed by atoms with van der Waals surface area (Å²) in [5, 5.41) is 9.06. The lowest BCUT2D eigenvalue weighted by atomic mass is 9.80. The Balaban J connectivity index is 2.08. The van der Waals surface area contributed by atoms with Gasteiger partial charge in [0, 0.05) is 12.0 Å². The van der Waals surface area contributed by atoms with Gasteiger partial charge < -0.3 is 9.52 Å². The van der Waals surface area contributed by atoms with Crippen LogP contribution >= 0.6 is 0 Å². The highest BCUT2D eigenvalue weighted by Gasteiger charge is 2.36. The van der Waals surface area contributed by atoms with Crippen LogP contribution in [0.25, 0.3) is 0 Å². The molecule has 1 N–H and O–H groups in total. The monoisotopic (exact) mass is 292 g/mol. The number of carbonyl (C=O) groups is 2. The fourth-order valence-electron chi connectivity index (χ4n) is 2.67. The van der Waals surface area contributed by atoms with Crippen LogP contribution in [0.2, 0.25) is 0 Å². The highest BCUT2D eigenvalue weighted by Crippen LogP contribution is 2.36. The van der Waals surface area contributed by atoms with E-state index in [0.29, 0.717) is 6.42 Å². The number of furan rings is 1. The lowest BCUT2D eigenvalue weighted by Gasteiger charge is -2.21. The van der Waals surface area contributed by atoms with Gasteiger partial charge in [-0.25, -0.2) is 13.6 Å². The Hall–Kier alpha value is -2.50. The molecule has 1 aromatic carbocycles. The Morgan fingerprint density at radius 1 is 1.33 bits per heavy atom. The maximum Gasteiger partial charge on any atom is 0.339 e. The fraction of sp³-hybridized carbons (Fsp3) is 0.200. The van der Waals surface area contributed by atoms with Crippen LogP contribution in [0.3, 0.4) is 0 Å². The molecule has 0 amide bonds. The van der Waals surface area contributed by atoms with Gasteiger partial charge >= 0.3 is 5.97 Å². The number of halogens is 2. The smallest absolute Gasteiger partial charge is 0.339 e. The Bertz CT molecular complexity index is 748. The maximum absolute atomic E-state index is 13.8. The topological polar surface area (TPSA) is 67.5 Å². The highest BCUT2D eigenvalue weighted by molar-refractivity contribution is 6.10. The Kier molecular flexibility index (Phi) is 3.08. The third-order valence-electron chi connectivity index (χ3n) is 3.65. The number of fused-ring (bicyclic) bond motifs is 1. The molecule has 3 rings (SSSR count). The fourth-order valence-corrected chi connectivity index (χ4v) is 2.67. The van der Waals surface area contributed by atoms with Crippen molar-refractivity contribution in [3.05, 3.63) is 58.5 Å². The van der Waals surface area contributed by atoms with E-state index in [1.807, 2.05) is 0 Å². The van der Waals surface area contributed by atoms with E-state index in [1.165, 1.54) is 0 Å². The van der Waals surface area contributed by atoms with E-state index in [2.05, 4.69) is 0 Å². The van der Waals surface area contributed by atoms with Crippen LogP contribution in [0, 0.1) is 11.6 Å². The summed E-state index contributed by atoms with van der Waals surface area (Å²) >= 11 is 0. The number of carbonyl (C=O) groups excluding carboxylic acids is 1. The lowest BCUT2D eigenvalue weighted by molar-refractivity contribution is 0.0690.